The number of rotatable bonds is 4. The second-order valence-corrected chi connectivity index (χ2v) is 8.53. The summed E-state index contributed by atoms with van der Waals surface area (Å²) in [4.78, 5) is 29.6. The van der Waals surface area contributed by atoms with Gasteiger partial charge in [-0.2, -0.15) is 0 Å². The molecule has 2 N–H and O–H groups in total. The zero-order chi connectivity index (χ0) is 21.3. The zero-order valence-electron chi connectivity index (χ0n) is 17.8. The van der Waals surface area contributed by atoms with E-state index in [1.165, 1.54) is 0 Å². The zero-order valence-corrected chi connectivity index (χ0v) is 17.8. The first-order valence-electron chi connectivity index (χ1n) is 10.7. The molecule has 2 aromatic rings. The Bertz CT molecular complexity index is 964. The van der Waals surface area contributed by atoms with E-state index >= 15 is 0 Å². The maximum absolute atomic E-state index is 13.1. The van der Waals surface area contributed by atoms with Crippen LogP contribution in [0.3, 0.4) is 0 Å². The van der Waals surface area contributed by atoms with Crippen LogP contribution in [0.2, 0.25) is 0 Å². The number of hydrogen-bond donors (Lipinski definition) is 2. The molecule has 1 aromatic carbocycles. The number of nitrogens with zero attached hydrogens (tertiary/aromatic N) is 1. The predicted octanol–water partition coefficient (Wildman–Crippen LogP) is 3.94. The minimum atomic E-state index is -0.429. The monoisotopic (exact) mass is 407 g/mol. The summed E-state index contributed by atoms with van der Waals surface area (Å²) in [5.74, 6) is 0.254. The normalized spacial score (nSPS) is 23.3. The molecule has 2 amide bonds. The Morgan fingerprint density at radius 1 is 1.17 bits per heavy atom. The van der Waals surface area contributed by atoms with Gasteiger partial charge in [0.25, 0.3) is 0 Å². The van der Waals surface area contributed by atoms with Crippen LogP contribution in [0, 0.1) is 20.8 Å². The molecule has 1 unspecified atom stereocenters. The van der Waals surface area contributed by atoms with Gasteiger partial charge in [0.1, 0.15) is 5.75 Å². The number of ether oxygens (including phenoxy) is 1. The van der Waals surface area contributed by atoms with E-state index < -0.39 is 5.92 Å². The minimum absolute atomic E-state index is 0.0504. The van der Waals surface area contributed by atoms with E-state index in [-0.39, 0.29) is 30.4 Å². The average molecular weight is 408 g/mol. The molecular weight excluding hydrogens is 378 g/mol. The molecule has 1 atom stereocenters. The van der Waals surface area contributed by atoms with E-state index in [1.54, 1.807) is 6.20 Å². The number of nitrogens with one attached hydrogen (secondary N) is 2. The summed E-state index contributed by atoms with van der Waals surface area (Å²) in [6, 6.07) is 7.97. The lowest BCUT2D eigenvalue weighted by molar-refractivity contribution is -0.127. The molecule has 30 heavy (non-hydrogen) atoms. The van der Waals surface area contributed by atoms with Gasteiger partial charge >= 0.3 is 0 Å². The van der Waals surface area contributed by atoms with Crippen LogP contribution in [0.15, 0.2) is 30.5 Å². The van der Waals surface area contributed by atoms with Crippen LogP contribution in [-0.4, -0.2) is 28.9 Å². The summed E-state index contributed by atoms with van der Waals surface area (Å²) in [6.45, 7) is 5.95. The highest BCUT2D eigenvalue weighted by Crippen LogP contribution is 2.36. The van der Waals surface area contributed by atoms with Gasteiger partial charge in [-0.1, -0.05) is 6.07 Å². The highest BCUT2D eigenvalue weighted by atomic mass is 16.5. The fourth-order valence-corrected chi connectivity index (χ4v) is 4.66. The number of carbonyl (C=O) groups is 2. The number of anilines is 1. The van der Waals surface area contributed by atoms with Crippen molar-refractivity contribution in [2.45, 2.75) is 70.9 Å². The quantitative estimate of drug-likeness (QED) is 0.805. The number of carbonyl (C=O) groups excluding carboxylic acids is 2. The van der Waals surface area contributed by atoms with Crippen molar-refractivity contribution >= 4 is 17.5 Å². The Hall–Kier alpha value is -2.89. The van der Waals surface area contributed by atoms with Crippen LogP contribution in [-0.2, 0) is 9.59 Å². The number of pyridine rings is 1. The molecular formula is C24H29N3O3. The van der Waals surface area contributed by atoms with Gasteiger partial charge in [-0.3, -0.25) is 14.6 Å². The minimum Gasteiger partial charge on any atom is -0.489 e. The Balaban J connectivity index is 1.38. The summed E-state index contributed by atoms with van der Waals surface area (Å²) in [6.07, 6.45) is 5.62. The van der Waals surface area contributed by atoms with Crippen LogP contribution >= 0.6 is 0 Å². The lowest BCUT2D eigenvalue weighted by Gasteiger charge is -2.32. The van der Waals surface area contributed by atoms with Crippen molar-refractivity contribution < 1.29 is 14.3 Å². The molecule has 1 aromatic heterocycles. The standard InChI is InChI=1S/C24H29N3O3/c1-14-11-15(2)23-19(13-22(28)27-20(23)12-14)24(29)26-17-6-8-18(9-7-17)30-21-5-4-10-25-16(21)3/h4-5,10-12,17-19H,6-9,13H2,1-3H3,(H,26,29)(H,27,28). The van der Waals surface area contributed by atoms with Gasteiger partial charge in [0.2, 0.25) is 11.8 Å². The van der Waals surface area contributed by atoms with Gasteiger partial charge in [-0.25, -0.2) is 0 Å². The van der Waals surface area contributed by atoms with Crippen LogP contribution in [0.25, 0.3) is 0 Å². The van der Waals surface area contributed by atoms with E-state index in [4.69, 9.17) is 4.74 Å². The smallest absolute Gasteiger partial charge is 0.228 e. The third kappa shape index (κ3) is 4.32. The van der Waals surface area contributed by atoms with Gasteiger partial charge in [0, 0.05) is 24.3 Å². The number of aryl methyl sites for hydroxylation is 3. The predicted molar refractivity (Wildman–Crippen MR) is 116 cm³/mol. The molecule has 6 heteroatoms. The first-order chi connectivity index (χ1) is 14.4. The van der Waals surface area contributed by atoms with Crippen molar-refractivity contribution in [1.82, 2.24) is 10.3 Å². The molecule has 2 aliphatic rings. The molecule has 158 valence electrons. The molecule has 1 saturated carbocycles. The Morgan fingerprint density at radius 3 is 2.67 bits per heavy atom. The van der Waals surface area contributed by atoms with Crippen molar-refractivity contribution in [2.24, 2.45) is 0 Å². The summed E-state index contributed by atoms with van der Waals surface area (Å²) in [5.41, 5.74) is 4.74. The number of aromatic nitrogens is 1. The van der Waals surface area contributed by atoms with Gasteiger partial charge in [0.15, 0.2) is 0 Å². The van der Waals surface area contributed by atoms with Gasteiger partial charge in [-0.15, -0.1) is 0 Å². The summed E-state index contributed by atoms with van der Waals surface area (Å²) >= 11 is 0. The average Bonchev–Trinajstić information content (AvgIpc) is 2.70. The third-order valence-electron chi connectivity index (χ3n) is 6.13. The van der Waals surface area contributed by atoms with Crippen molar-refractivity contribution in [1.29, 1.82) is 0 Å². The maximum Gasteiger partial charge on any atom is 0.228 e. The molecule has 1 aliphatic carbocycles. The van der Waals surface area contributed by atoms with E-state index in [1.807, 2.05) is 39.0 Å². The summed E-state index contributed by atoms with van der Waals surface area (Å²) in [5, 5.41) is 6.12. The number of amides is 2. The molecule has 4 rings (SSSR count). The van der Waals surface area contributed by atoms with Crippen LogP contribution in [0.5, 0.6) is 5.75 Å². The molecule has 0 spiro atoms. The molecule has 1 fully saturated rings. The second-order valence-electron chi connectivity index (χ2n) is 8.53. The van der Waals surface area contributed by atoms with E-state index in [0.717, 1.165) is 59.5 Å². The third-order valence-corrected chi connectivity index (χ3v) is 6.13. The van der Waals surface area contributed by atoms with E-state index in [2.05, 4.69) is 21.7 Å². The highest BCUT2D eigenvalue weighted by Gasteiger charge is 2.34. The molecule has 6 nitrogen and oxygen atoms in total. The fraction of sp³-hybridized carbons (Fsp3) is 0.458. The van der Waals surface area contributed by atoms with E-state index in [0.29, 0.717) is 0 Å². The number of fused-ring (bicyclic) bond motifs is 1. The van der Waals surface area contributed by atoms with Crippen LogP contribution in [0.4, 0.5) is 5.69 Å². The number of hydrogen-bond acceptors (Lipinski definition) is 4. The lowest BCUT2D eigenvalue weighted by Crippen LogP contribution is -2.43. The van der Waals surface area contributed by atoms with Crippen molar-refractivity contribution in [3.8, 4) is 5.75 Å². The number of benzene rings is 1. The molecule has 0 bridgehead atoms. The summed E-state index contributed by atoms with van der Waals surface area (Å²) < 4.78 is 6.12. The largest absolute Gasteiger partial charge is 0.489 e. The van der Waals surface area contributed by atoms with Gasteiger partial charge in [-0.05, 0) is 81.3 Å². The SMILES string of the molecule is Cc1cc(C)c2c(c1)NC(=O)CC2C(=O)NC1CCC(Oc2cccnc2C)CC1. The Morgan fingerprint density at radius 2 is 1.93 bits per heavy atom. The van der Waals surface area contributed by atoms with Crippen molar-refractivity contribution in [3.05, 3.63) is 52.8 Å². The summed E-state index contributed by atoms with van der Waals surface area (Å²) in [7, 11) is 0. The molecule has 2 heterocycles. The fourth-order valence-electron chi connectivity index (χ4n) is 4.66. The topological polar surface area (TPSA) is 80.3 Å². The van der Waals surface area contributed by atoms with Crippen molar-refractivity contribution in [3.63, 3.8) is 0 Å². The molecule has 1 aliphatic heterocycles. The Kier molecular flexibility index (Phi) is 5.75. The lowest BCUT2D eigenvalue weighted by atomic mass is 9.85. The van der Waals surface area contributed by atoms with Gasteiger partial charge < -0.3 is 15.4 Å². The van der Waals surface area contributed by atoms with E-state index in [9.17, 15) is 9.59 Å². The highest BCUT2D eigenvalue weighted by molar-refractivity contribution is 6.01. The Labute approximate surface area is 177 Å². The maximum atomic E-state index is 13.1. The van der Waals surface area contributed by atoms with Crippen molar-refractivity contribution in [2.75, 3.05) is 5.32 Å². The van der Waals surface area contributed by atoms with Gasteiger partial charge in [0.05, 0.1) is 17.7 Å². The first kappa shape index (κ1) is 20.4. The molecule has 0 saturated heterocycles. The second kappa shape index (κ2) is 8.46. The first-order valence-corrected chi connectivity index (χ1v) is 10.7. The van der Waals surface area contributed by atoms with Crippen LogP contribution < -0.4 is 15.4 Å². The molecule has 0 radical (unpaired) electrons. The van der Waals surface area contributed by atoms with Crippen LogP contribution in [0.1, 0.15) is 60.4 Å².